The average Bonchev–Trinajstić information content (AvgIpc) is 3.56. The van der Waals surface area contributed by atoms with Crippen LogP contribution < -0.4 is 10.2 Å². The van der Waals surface area contributed by atoms with E-state index >= 15 is 0 Å². The van der Waals surface area contributed by atoms with Crippen molar-refractivity contribution < 1.29 is 0 Å². The van der Waals surface area contributed by atoms with Gasteiger partial charge < -0.3 is 10.2 Å². The first-order chi connectivity index (χ1) is 19.9. The van der Waals surface area contributed by atoms with Gasteiger partial charge in [-0.2, -0.15) is 5.10 Å². The molecule has 0 bridgehead atoms. The minimum Gasteiger partial charge on any atom is -0.314 e. The van der Waals surface area contributed by atoms with Crippen molar-refractivity contribution in [3.63, 3.8) is 0 Å². The molecule has 0 aliphatic heterocycles. The van der Waals surface area contributed by atoms with Gasteiger partial charge in [-0.25, -0.2) is 9.97 Å². The molecule has 41 heavy (non-hydrogen) atoms. The minimum absolute atomic E-state index is 0.257. The molecule has 1 aliphatic rings. The lowest BCUT2D eigenvalue weighted by Crippen LogP contribution is -2.16. The van der Waals surface area contributed by atoms with Crippen molar-refractivity contribution in [1.29, 1.82) is 0 Å². The fourth-order valence-electron chi connectivity index (χ4n) is 5.73. The standard InChI is InChI=1S/C32H38N8S/c1-20(2)30-24(25-18-33-40(22(25)4)19-23-11-7-6-8-12-23)15-16-28(35-30)39(5)29-17-21(3)31(38-37-29)36-32-34-26-13-9-10-14-27(26)41-32/h9-10,13-18,20,23H,6-8,11-12,19H2,1-5H3,(H,34,36,38). The molecule has 1 fully saturated rings. The number of rotatable bonds is 8. The Bertz CT molecular complexity index is 1630. The summed E-state index contributed by atoms with van der Waals surface area (Å²) in [4.78, 5) is 11.8. The smallest absolute Gasteiger partial charge is 0.189 e. The second-order valence-corrected chi connectivity index (χ2v) is 12.5. The number of thiazole rings is 1. The number of para-hydroxylation sites is 1. The van der Waals surface area contributed by atoms with Crippen LogP contribution >= 0.6 is 11.3 Å². The van der Waals surface area contributed by atoms with E-state index in [0.29, 0.717) is 5.82 Å². The minimum atomic E-state index is 0.257. The van der Waals surface area contributed by atoms with E-state index in [1.54, 1.807) is 11.3 Å². The van der Waals surface area contributed by atoms with Crippen LogP contribution in [-0.4, -0.2) is 37.0 Å². The fourth-order valence-corrected chi connectivity index (χ4v) is 6.60. The van der Waals surface area contributed by atoms with Gasteiger partial charge in [0.2, 0.25) is 0 Å². The van der Waals surface area contributed by atoms with Gasteiger partial charge in [0.1, 0.15) is 5.82 Å². The molecule has 1 saturated carbocycles. The highest BCUT2D eigenvalue weighted by atomic mass is 32.1. The van der Waals surface area contributed by atoms with E-state index in [0.717, 1.165) is 56.3 Å². The summed E-state index contributed by atoms with van der Waals surface area (Å²) in [5, 5.41) is 18.0. The van der Waals surface area contributed by atoms with E-state index in [1.807, 2.05) is 49.3 Å². The summed E-state index contributed by atoms with van der Waals surface area (Å²) in [7, 11) is 1.99. The molecule has 5 aromatic rings. The molecule has 1 aliphatic carbocycles. The lowest BCUT2D eigenvalue weighted by molar-refractivity contribution is 0.306. The van der Waals surface area contributed by atoms with Gasteiger partial charge in [-0.1, -0.05) is 56.6 Å². The Morgan fingerprint density at radius 1 is 0.976 bits per heavy atom. The van der Waals surface area contributed by atoms with Crippen molar-refractivity contribution in [3.05, 3.63) is 65.6 Å². The third kappa shape index (κ3) is 5.68. The number of hydrogen-bond acceptors (Lipinski definition) is 8. The summed E-state index contributed by atoms with van der Waals surface area (Å²) < 4.78 is 3.34. The quantitative estimate of drug-likeness (QED) is 0.203. The molecule has 1 aromatic carbocycles. The van der Waals surface area contributed by atoms with E-state index in [1.165, 1.54) is 43.4 Å². The third-order valence-electron chi connectivity index (χ3n) is 8.18. The van der Waals surface area contributed by atoms with Gasteiger partial charge in [-0.3, -0.25) is 4.68 Å². The van der Waals surface area contributed by atoms with E-state index in [-0.39, 0.29) is 5.92 Å². The summed E-state index contributed by atoms with van der Waals surface area (Å²) in [5.74, 6) is 3.27. The topological polar surface area (TPSA) is 84.7 Å². The second-order valence-electron chi connectivity index (χ2n) is 11.5. The van der Waals surface area contributed by atoms with Gasteiger partial charge in [0.05, 0.1) is 22.1 Å². The molecule has 6 rings (SSSR count). The first-order valence-corrected chi connectivity index (χ1v) is 15.4. The van der Waals surface area contributed by atoms with Gasteiger partial charge in [0, 0.05) is 30.4 Å². The number of aryl methyl sites for hydroxylation is 1. The molecular weight excluding hydrogens is 528 g/mol. The Hall–Kier alpha value is -3.85. The zero-order chi connectivity index (χ0) is 28.5. The molecule has 0 radical (unpaired) electrons. The van der Waals surface area contributed by atoms with Crippen LogP contribution in [0.15, 0.2) is 48.7 Å². The third-order valence-corrected chi connectivity index (χ3v) is 9.14. The number of aromatic nitrogens is 6. The van der Waals surface area contributed by atoms with Crippen molar-refractivity contribution >= 4 is 44.1 Å². The fraction of sp³-hybridized carbons (Fsp3) is 0.406. The van der Waals surface area contributed by atoms with Crippen molar-refractivity contribution in [2.24, 2.45) is 5.92 Å². The van der Waals surface area contributed by atoms with Gasteiger partial charge in [0.25, 0.3) is 0 Å². The van der Waals surface area contributed by atoms with Crippen molar-refractivity contribution in [2.45, 2.75) is 72.3 Å². The van der Waals surface area contributed by atoms with E-state index in [9.17, 15) is 0 Å². The van der Waals surface area contributed by atoms with Gasteiger partial charge in [-0.05, 0) is 74.4 Å². The maximum atomic E-state index is 5.13. The molecule has 0 spiro atoms. The van der Waals surface area contributed by atoms with Crippen molar-refractivity contribution in [2.75, 3.05) is 17.3 Å². The lowest BCUT2D eigenvalue weighted by Gasteiger charge is -2.22. The molecule has 0 atom stereocenters. The van der Waals surface area contributed by atoms with E-state index in [2.05, 4.69) is 64.2 Å². The highest BCUT2D eigenvalue weighted by Crippen LogP contribution is 2.35. The highest BCUT2D eigenvalue weighted by molar-refractivity contribution is 7.22. The monoisotopic (exact) mass is 566 g/mol. The van der Waals surface area contributed by atoms with Crippen LogP contribution in [0, 0.1) is 19.8 Å². The first kappa shape index (κ1) is 27.3. The number of nitrogens with one attached hydrogen (secondary N) is 1. The molecule has 0 amide bonds. The number of nitrogens with zero attached hydrogens (tertiary/aromatic N) is 7. The predicted molar refractivity (Wildman–Crippen MR) is 169 cm³/mol. The van der Waals surface area contributed by atoms with Crippen LogP contribution in [0.5, 0.6) is 0 Å². The molecule has 0 unspecified atom stereocenters. The zero-order valence-corrected chi connectivity index (χ0v) is 25.4. The largest absolute Gasteiger partial charge is 0.314 e. The van der Waals surface area contributed by atoms with Crippen molar-refractivity contribution in [3.8, 4) is 11.1 Å². The van der Waals surface area contributed by atoms with Gasteiger partial charge in [0.15, 0.2) is 16.8 Å². The molecular formula is C32H38N8S. The maximum absolute atomic E-state index is 5.13. The number of fused-ring (bicyclic) bond motifs is 1. The molecule has 4 heterocycles. The normalized spacial score (nSPS) is 14.2. The number of benzene rings is 1. The molecule has 212 valence electrons. The highest BCUT2D eigenvalue weighted by Gasteiger charge is 2.21. The molecule has 8 nitrogen and oxygen atoms in total. The number of anilines is 4. The lowest BCUT2D eigenvalue weighted by atomic mass is 9.89. The SMILES string of the molecule is Cc1cc(N(C)c2ccc(-c3cnn(CC4CCCCC4)c3C)c(C(C)C)n2)nnc1Nc1nc2ccccc2s1. The van der Waals surface area contributed by atoms with E-state index < -0.39 is 0 Å². The van der Waals surface area contributed by atoms with Crippen LogP contribution in [0.4, 0.5) is 22.6 Å². The van der Waals surface area contributed by atoms with Gasteiger partial charge >= 0.3 is 0 Å². The summed E-state index contributed by atoms with van der Waals surface area (Å²) in [6.45, 7) is 9.63. The Kier molecular flexibility index (Phi) is 7.71. The van der Waals surface area contributed by atoms with Crippen LogP contribution in [0.25, 0.3) is 21.3 Å². The van der Waals surface area contributed by atoms with Crippen LogP contribution in [0.2, 0.25) is 0 Å². The number of hydrogen-bond donors (Lipinski definition) is 1. The average molecular weight is 567 g/mol. The molecule has 0 saturated heterocycles. The Labute approximate surface area is 245 Å². The zero-order valence-electron chi connectivity index (χ0n) is 24.6. The summed E-state index contributed by atoms with van der Waals surface area (Å²) in [6.07, 6.45) is 8.73. The Morgan fingerprint density at radius 2 is 1.78 bits per heavy atom. The van der Waals surface area contributed by atoms with Crippen LogP contribution in [-0.2, 0) is 6.54 Å². The van der Waals surface area contributed by atoms with Crippen LogP contribution in [0.3, 0.4) is 0 Å². The molecule has 9 heteroatoms. The Morgan fingerprint density at radius 3 is 2.54 bits per heavy atom. The van der Waals surface area contributed by atoms with E-state index in [4.69, 9.17) is 10.1 Å². The summed E-state index contributed by atoms with van der Waals surface area (Å²) >= 11 is 1.61. The predicted octanol–water partition coefficient (Wildman–Crippen LogP) is 8.18. The Balaban J connectivity index is 1.23. The number of pyridine rings is 1. The maximum Gasteiger partial charge on any atom is 0.189 e. The second kappa shape index (κ2) is 11.6. The van der Waals surface area contributed by atoms with Crippen molar-refractivity contribution in [1.82, 2.24) is 29.9 Å². The molecule has 4 aromatic heterocycles. The summed E-state index contributed by atoms with van der Waals surface area (Å²) in [6, 6.07) is 14.4. The van der Waals surface area contributed by atoms with Gasteiger partial charge in [-0.15, -0.1) is 10.2 Å². The summed E-state index contributed by atoms with van der Waals surface area (Å²) in [5.41, 5.74) is 6.58. The first-order valence-electron chi connectivity index (χ1n) is 14.6. The van der Waals surface area contributed by atoms with Crippen LogP contribution in [0.1, 0.15) is 68.8 Å². The molecule has 1 N–H and O–H groups in total.